The highest BCUT2D eigenvalue weighted by Crippen LogP contribution is 2.43. The van der Waals surface area contributed by atoms with Crippen molar-refractivity contribution in [3.8, 4) is 0 Å². The van der Waals surface area contributed by atoms with Crippen LogP contribution < -0.4 is 0 Å². The van der Waals surface area contributed by atoms with Gasteiger partial charge < -0.3 is 19.6 Å². The third-order valence-electron chi connectivity index (χ3n) is 4.17. The van der Waals surface area contributed by atoms with Crippen molar-refractivity contribution >= 4 is 12.1 Å². The Labute approximate surface area is 119 Å². The minimum atomic E-state index is -0.814. The molecule has 2 aliphatic rings. The van der Waals surface area contributed by atoms with Gasteiger partial charge in [0.1, 0.15) is 5.60 Å². The summed E-state index contributed by atoms with van der Waals surface area (Å²) in [6.45, 7) is 7.77. The number of carboxylic acid groups (broad SMARTS) is 1. The molecule has 1 N–H and O–H groups in total. The Morgan fingerprint density at radius 1 is 1.30 bits per heavy atom. The molecule has 6 heteroatoms. The highest BCUT2D eigenvalue weighted by molar-refractivity contribution is 5.75. The van der Waals surface area contributed by atoms with E-state index in [1.165, 1.54) is 0 Å². The largest absolute Gasteiger partial charge is 0.481 e. The van der Waals surface area contributed by atoms with Crippen LogP contribution in [0, 0.1) is 11.3 Å². The minimum Gasteiger partial charge on any atom is -0.481 e. The maximum Gasteiger partial charge on any atom is 0.410 e. The number of ether oxygens (including phenoxy) is 1. The van der Waals surface area contributed by atoms with E-state index in [4.69, 9.17) is 4.74 Å². The smallest absolute Gasteiger partial charge is 0.410 e. The van der Waals surface area contributed by atoms with Gasteiger partial charge in [0, 0.05) is 25.0 Å². The number of likely N-dealkylation sites (tertiary alicyclic amines) is 2. The summed E-state index contributed by atoms with van der Waals surface area (Å²) in [4.78, 5) is 27.4. The van der Waals surface area contributed by atoms with Gasteiger partial charge in [-0.25, -0.2) is 4.79 Å². The summed E-state index contributed by atoms with van der Waals surface area (Å²) in [5.41, 5.74) is -0.879. The molecule has 1 amide bonds. The van der Waals surface area contributed by atoms with Gasteiger partial charge >= 0.3 is 12.1 Å². The summed E-state index contributed by atoms with van der Waals surface area (Å²) in [6, 6.07) is 0. The van der Waals surface area contributed by atoms with Crippen molar-refractivity contribution in [3.05, 3.63) is 0 Å². The maximum absolute atomic E-state index is 12.1. The number of carbonyl (C=O) groups excluding carboxylic acids is 1. The first-order valence-electron chi connectivity index (χ1n) is 7.02. The highest BCUT2D eigenvalue weighted by Gasteiger charge is 2.54. The molecular formula is C14H24N2O4. The molecule has 6 nitrogen and oxygen atoms in total. The minimum absolute atomic E-state index is 0.248. The molecule has 2 unspecified atom stereocenters. The second-order valence-corrected chi connectivity index (χ2v) is 7.10. The zero-order valence-electron chi connectivity index (χ0n) is 12.7. The number of carboxylic acids is 1. The molecule has 0 aliphatic carbocycles. The van der Waals surface area contributed by atoms with E-state index in [1.807, 2.05) is 27.8 Å². The molecule has 1 spiro atoms. The van der Waals surface area contributed by atoms with Gasteiger partial charge in [0.15, 0.2) is 0 Å². The fourth-order valence-corrected chi connectivity index (χ4v) is 3.30. The molecule has 0 aromatic carbocycles. The van der Waals surface area contributed by atoms with Crippen molar-refractivity contribution in [2.24, 2.45) is 11.3 Å². The standard InChI is InChI=1S/C14H24N2O4/c1-13(2,3)20-12(19)16-7-10(11(17)18)14(9-16)5-6-15(4)8-14/h10H,5-9H2,1-4H3,(H,17,18). The summed E-state index contributed by atoms with van der Waals surface area (Å²) in [6.07, 6.45) is 0.412. The summed E-state index contributed by atoms with van der Waals surface area (Å²) in [5, 5.41) is 9.46. The van der Waals surface area contributed by atoms with Crippen LogP contribution in [0.5, 0.6) is 0 Å². The van der Waals surface area contributed by atoms with Crippen LogP contribution in [0.1, 0.15) is 27.2 Å². The Hall–Kier alpha value is -1.30. The monoisotopic (exact) mass is 284 g/mol. The van der Waals surface area contributed by atoms with Gasteiger partial charge in [-0.3, -0.25) is 4.79 Å². The molecule has 2 rings (SSSR count). The molecule has 0 radical (unpaired) electrons. The number of nitrogens with zero attached hydrogens (tertiary/aromatic N) is 2. The Balaban J connectivity index is 2.13. The van der Waals surface area contributed by atoms with E-state index in [1.54, 1.807) is 4.90 Å². The van der Waals surface area contributed by atoms with E-state index in [-0.39, 0.29) is 12.0 Å². The number of hydrogen-bond acceptors (Lipinski definition) is 4. The lowest BCUT2D eigenvalue weighted by molar-refractivity contribution is -0.144. The first-order chi connectivity index (χ1) is 9.13. The summed E-state index contributed by atoms with van der Waals surface area (Å²) < 4.78 is 5.36. The molecule has 20 heavy (non-hydrogen) atoms. The quantitative estimate of drug-likeness (QED) is 0.785. The average molecular weight is 284 g/mol. The molecule has 2 aliphatic heterocycles. The molecule has 2 fully saturated rings. The molecule has 2 heterocycles. The van der Waals surface area contributed by atoms with E-state index in [9.17, 15) is 14.7 Å². The van der Waals surface area contributed by atoms with E-state index in [2.05, 4.69) is 4.90 Å². The lowest BCUT2D eigenvalue weighted by atomic mass is 9.77. The van der Waals surface area contributed by atoms with Crippen LogP contribution in [0.2, 0.25) is 0 Å². The van der Waals surface area contributed by atoms with Gasteiger partial charge in [-0.05, 0) is 40.8 Å². The van der Waals surface area contributed by atoms with Crippen molar-refractivity contribution in [3.63, 3.8) is 0 Å². The lowest BCUT2D eigenvalue weighted by Crippen LogP contribution is -2.38. The molecule has 0 aromatic rings. The van der Waals surface area contributed by atoms with E-state index >= 15 is 0 Å². The van der Waals surface area contributed by atoms with Crippen molar-refractivity contribution < 1.29 is 19.4 Å². The van der Waals surface area contributed by atoms with Gasteiger partial charge in [-0.2, -0.15) is 0 Å². The number of amides is 1. The SMILES string of the molecule is CN1CCC2(C1)CN(C(=O)OC(C)(C)C)CC2C(=O)O. The Kier molecular flexibility index (Phi) is 3.71. The number of hydrogen-bond donors (Lipinski definition) is 1. The van der Waals surface area contributed by atoms with Crippen LogP contribution in [0.4, 0.5) is 4.79 Å². The summed E-state index contributed by atoms with van der Waals surface area (Å²) in [7, 11) is 1.99. The summed E-state index contributed by atoms with van der Waals surface area (Å²) >= 11 is 0. The maximum atomic E-state index is 12.1. The fraction of sp³-hybridized carbons (Fsp3) is 0.857. The van der Waals surface area contributed by atoms with Crippen molar-refractivity contribution in [2.45, 2.75) is 32.8 Å². The molecule has 114 valence electrons. The van der Waals surface area contributed by atoms with E-state index < -0.39 is 23.6 Å². The zero-order chi connectivity index (χ0) is 15.1. The molecule has 0 bridgehead atoms. The predicted octanol–water partition coefficient (Wildman–Crippen LogP) is 1.26. The average Bonchev–Trinajstić information content (AvgIpc) is 2.81. The van der Waals surface area contributed by atoms with Gasteiger partial charge in [0.25, 0.3) is 0 Å². The molecular weight excluding hydrogens is 260 g/mol. The van der Waals surface area contributed by atoms with E-state index in [0.717, 1.165) is 19.5 Å². The normalized spacial score (nSPS) is 31.0. The predicted molar refractivity (Wildman–Crippen MR) is 73.5 cm³/mol. The zero-order valence-corrected chi connectivity index (χ0v) is 12.7. The van der Waals surface area contributed by atoms with Gasteiger partial charge in [0.2, 0.25) is 0 Å². The Morgan fingerprint density at radius 2 is 1.95 bits per heavy atom. The van der Waals surface area contributed by atoms with Crippen LogP contribution in [0.3, 0.4) is 0 Å². The van der Waals surface area contributed by atoms with Crippen molar-refractivity contribution in [1.29, 1.82) is 0 Å². The van der Waals surface area contributed by atoms with Gasteiger partial charge in [-0.15, -0.1) is 0 Å². The first-order valence-corrected chi connectivity index (χ1v) is 7.02. The number of aliphatic carboxylic acids is 1. The van der Waals surface area contributed by atoms with Crippen LogP contribution >= 0.6 is 0 Å². The molecule has 2 atom stereocenters. The van der Waals surface area contributed by atoms with E-state index in [0.29, 0.717) is 6.54 Å². The Bertz CT molecular complexity index is 418. The lowest BCUT2D eigenvalue weighted by Gasteiger charge is -2.28. The number of carbonyl (C=O) groups is 2. The fourth-order valence-electron chi connectivity index (χ4n) is 3.30. The van der Waals surface area contributed by atoms with Gasteiger partial charge in [-0.1, -0.05) is 0 Å². The van der Waals surface area contributed by atoms with Crippen LogP contribution in [0.15, 0.2) is 0 Å². The third-order valence-corrected chi connectivity index (χ3v) is 4.17. The summed E-state index contributed by atoms with van der Waals surface area (Å²) in [5.74, 6) is -1.31. The Morgan fingerprint density at radius 3 is 2.40 bits per heavy atom. The molecule has 0 aromatic heterocycles. The van der Waals surface area contributed by atoms with Crippen molar-refractivity contribution in [1.82, 2.24) is 9.80 Å². The number of rotatable bonds is 1. The van der Waals surface area contributed by atoms with Crippen LogP contribution in [0.25, 0.3) is 0 Å². The second kappa shape index (κ2) is 4.91. The second-order valence-electron chi connectivity index (χ2n) is 7.10. The van der Waals surface area contributed by atoms with Gasteiger partial charge in [0.05, 0.1) is 5.92 Å². The first kappa shape index (κ1) is 15.1. The van der Waals surface area contributed by atoms with Crippen molar-refractivity contribution in [2.75, 3.05) is 33.2 Å². The topological polar surface area (TPSA) is 70.1 Å². The molecule has 0 saturated carbocycles. The van der Waals surface area contributed by atoms with Crippen LogP contribution in [-0.2, 0) is 9.53 Å². The molecule has 2 saturated heterocycles. The highest BCUT2D eigenvalue weighted by atomic mass is 16.6. The van der Waals surface area contributed by atoms with Crippen LogP contribution in [-0.4, -0.2) is 65.8 Å². The third kappa shape index (κ3) is 2.90.